The molecule has 0 unspecified atom stereocenters. The minimum absolute atomic E-state index is 0.0219. The topological polar surface area (TPSA) is 78.2 Å². The van der Waals surface area contributed by atoms with Gasteiger partial charge in [0.1, 0.15) is 17.7 Å². The third kappa shape index (κ3) is 4.81. The van der Waals surface area contributed by atoms with E-state index < -0.39 is 5.82 Å². The normalized spacial score (nSPS) is 16.8. The lowest BCUT2D eigenvalue weighted by Crippen LogP contribution is -2.27. The lowest BCUT2D eigenvalue weighted by molar-refractivity contribution is -0.124. The summed E-state index contributed by atoms with van der Waals surface area (Å²) < 4.78 is 33.8. The van der Waals surface area contributed by atoms with Crippen molar-refractivity contribution in [3.05, 3.63) is 66.5 Å². The van der Waals surface area contributed by atoms with E-state index >= 15 is 0 Å². The maximum Gasteiger partial charge on any atom is 0.298 e. The van der Waals surface area contributed by atoms with E-state index in [0.717, 1.165) is 48.3 Å². The third-order valence-electron chi connectivity index (χ3n) is 7.46. The van der Waals surface area contributed by atoms with E-state index in [9.17, 15) is 9.18 Å². The van der Waals surface area contributed by atoms with E-state index in [1.54, 1.807) is 54.5 Å². The van der Waals surface area contributed by atoms with Crippen molar-refractivity contribution in [2.45, 2.75) is 44.6 Å². The zero-order chi connectivity index (χ0) is 27.6. The number of likely N-dealkylation sites (tertiary alicyclic amines) is 1. The average Bonchev–Trinajstić information content (AvgIpc) is 3.58. The summed E-state index contributed by atoms with van der Waals surface area (Å²) in [6.07, 6.45) is 7.66. The highest BCUT2D eigenvalue weighted by molar-refractivity contribution is 5.93. The molecule has 1 atom stereocenters. The van der Waals surface area contributed by atoms with Crippen LogP contribution in [0.2, 0.25) is 0 Å². The summed E-state index contributed by atoms with van der Waals surface area (Å²) in [5, 5.41) is 0. The number of halogens is 1. The number of carbonyl (C=O) groups is 1. The van der Waals surface area contributed by atoms with Crippen molar-refractivity contribution in [1.82, 2.24) is 19.3 Å². The number of aromatic nitrogens is 3. The van der Waals surface area contributed by atoms with Crippen LogP contribution in [0, 0.1) is 17.7 Å². The summed E-state index contributed by atoms with van der Waals surface area (Å²) in [6, 6.07) is 12.1. The molecule has 2 aromatic carbocycles. The summed E-state index contributed by atoms with van der Waals surface area (Å²) in [4.78, 5) is 23.8. The Morgan fingerprint density at radius 2 is 1.88 bits per heavy atom. The van der Waals surface area contributed by atoms with Crippen molar-refractivity contribution in [3.8, 4) is 46.2 Å². The Hall–Kier alpha value is -4.58. The number of amides is 1. The zero-order valence-corrected chi connectivity index (χ0v) is 22.4. The fraction of sp³-hybridized carbons (Fsp3) is 0.323. The van der Waals surface area contributed by atoms with Gasteiger partial charge in [-0.25, -0.2) is 4.98 Å². The van der Waals surface area contributed by atoms with Crippen molar-refractivity contribution < 1.29 is 23.4 Å². The van der Waals surface area contributed by atoms with Crippen molar-refractivity contribution in [3.63, 3.8) is 0 Å². The molecule has 0 N–H and O–H groups in total. The molecule has 40 heavy (non-hydrogen) atoms. The van der Waals surface area contributed by atoms with Crippen LogP contribution in [-0.2, 0) is 4.79 Å². The van der Waals surface area contributed by atoms with Crippen LogP contribution in [-0.4, -0.2) is 51.5 Å². The Kier molecular flexibility index (Phi) is 6.99. The molecular formula is C31H29FN4O4. The maximum absolute atomic E-state index is 14.6. The van der Waals surface area contributed by atoms with Gasteiger partial charge < -0.3 is 19.1 Å². The molecule has 2 fully saturated rings. The fourth-order valence-electron chi connectivity index (χ4n) is 5.14. The van der Waals surface area contributed by atoms with E-state index in [-0.39, 0.29) is 29.4 Å². The molecule has 8 nitrogen and oxygen atoms in total. The fourth-order valence-corrected chi connectivity index (χ4v) is 5.14. The summed E-state index contributed by atoms with van der Waals surface area (Å²) in [5.74, 6) is 6.81. The molecule has 6 rings (SSSR count). The molecule has 1 saturated heterocycles. The number of benzene rings is 2. The van der Waals surface area contributed by atoms with Gasteiger partial charge in [0.25, 0.3) is 5.91 Å². The monoisotopic (exact) mass is 540 g/mol. The smallest absolute Gasteiger partial charge is 0.298 e. The molecule has 1 aliphatic heterocycles. The molecule has 0 spiro atoms. The van der Waals surface area contributed by atoms with Gasteiger partial charge in [0.15, 0.2) is 11.5 Å². The molecule has 3 heterocycles. The van der Waals surface area contributed by atoms with Crippen molar-refractivity contribution in [2.75, 3.05) is 20.2 Å². The quantitative estimate of drug-likeness (QED) is 0.284. The number of fused-ring (bicyclic) bond motifs is 1. The van der Waals surface area contributed by atoms with Crippen LogP contribution < -0.4 is 14.2 Å². The van der Waals surface area contributed by atoms with Crippen molar-refractivity contribution in [1.29, 1.82) is 0 Å². The SMILES string of the molecule is CC#CC(=O)N1CC[C@@H](c2nc(-c3ccc(Oc4cccc(OC)c4F)cc3)c3cncc(OC4CCC4)n23)C1. The van der Waals surface area contributed by atoms with Gasteiger partial charge in [-0.1, -0.05) is 12.0 Å². The van der Waals surface area contributed by atoms with Crippen LogP contribution in [0.15, 0.2) is 54.9 Å². The minimum Gasteiger partial charge on any atom is -0.494 e. The third-order valence-corrected chi connectivity index (χ3v) is 7.46. The predicted molar refractivity (Wildman–Crippen MR) is 147 cm³/mol. The number of carbonyl (C=O) groups excluding carboxylic acids is 1. The zero-order valence-electron chi connectivity index (χ0n) is 22.4. The number of rotatable bonds is 7. The van der Waals surface area contributed by atoms with Crippen LogP contribution in [0.4, 0.5) is 4.39 Å². The van der Waals surface area contributed by atoms with Crippen molar-refractivity contribution in [2.24, 2.45) is 0 Å². The Balaban J connectivity index is 1.35. The molecule has 2 aromatic heterocycles. The lowest BCUT2D eigenvalue weighted by atomic mass is 9.96. The second-order valence-corrected chi connectivity index (χ2v) is 9.97. The first-order chi connectivity index (χ1) is 19.6. The largest absolute Gasteiger partial charge is 0.494 e. The van der Waals surface area contributed by atoms with Crippen molar-refractivity contribution >= 4 is 11.4 Å². The number of imidazole rings is 1. The van der Waals surface area contributed by atoms with E-state index in [4.69, 9.17) is 19.2 Å². The molecular weight excluding hydrogens is 511 g/mol. The average molecular weight is 541 g/mol. The van der Waals surface area contributed by atoms with E-state index in [1.165, 1.54) is 7.11 Å². The standard InChI is InChI=1S/C31H29FN4O4/c1-3-6-27(37)35-16-15-21(19-35)31-34-30(24-17-33-18-28(36(24)31)40-22-7-4-8-22)20-11-13-23(14-12-20)39-26-10-5-9-25(38-2)29(26)32/h5,9-14,17-18,21-22H,4,7-8,15-16,19H2,1-2H3/t21-/m1/s1. The number of nitrogens with zero attached hydrogens (tertiary/aromatic N) is 4. The first-order valence-electron chi connectivity index (χ1n) is 13.4. The van der Waals surface area contributed by atoms with Crippen LogP contribution in [0.25, 0.3) is 16.8 Å². The first-order valence-corrected chi connectivity index (χ1v) is 13.4. The predicted octanol–water partition coefficient (Wildman–Crippen LogP) is 5.61. The van der Waals surface area contributed by atoms with Gasteiger partial charge in [0.2, 0.25) is 11.7 Å². The molecule has 204 valence electrons. The van der Waals surface area contributed by atoms with Gasteiger partial charge in [-0.3, -0.25) is 14.2 Å². The first kappa shape index (κ1) is 25.7. The molecule has 1 amide bonds. The summed E-state index contributed by atoms with van der Waals surface area (Å²) in [7, 11) is 1.41. The van der Waals surface area contributed by atoms with Gasteiger partial charge in [0, 0.05) is 24.6 Å². The van der Waals surface area contributed by atoms with Gasteiger partial charge in [-0.15, -0.1) is 0 Å². The minimum atomic E-state index is -0.558. The van der Waals surface area contributed by atoms with Gasteiger partial charge >= 0.3 is 0 Å². The summed E-state index contributed by atoms with van der Waals surface area (Å²) in [5.41, 5.74) is 2.42. The van der Waals surface area contributed by atoms with Crippen LogP contribution >= 0.6 is 0 Å². The summed E-state index contributed by atoms with van der Waals surface area (Å²) in [6.45, 7) is 2.83. The maximum atomic E-state index is 14.6. The van der Waals surface area contributed by atoms with Gasteiger partial charge in [-0.05, 0) is 74.9 Å². The molecule has 0 bridgehead atoms. The second kappa shape index (κ2) is 10.9. The molecule has 4 aromatic rings. The number of ether oxygens (including phenoxy) is 3. The van der Waals surface area contributed by atoms with Gasteiger partial charge in [-0.2, -0.15) is 4.39 Å². The van der Waals surface area contributed by atoms with Crippen LogP contribution in [0.1, 0.15) is 44.3 Å². The number of methoxy groups -OCH3 is 1. The highest BCUT2D eigenvalue weighted by Crippen LogP contribution is 2.37. The highest BCUT2D eigenvalue weighted by Gasteiger charge is 2.32. The molecule has 1 aliphatic carbocycles. The van der Waals surface area contributed by atoms with Crippen LogP contribution in [0.5, 0.6) is 23.1 Å². The molecule has 9 heteroatoms. The molecule has 0 radical (unpaired) electrons. The Bertz CT molecular complexity index is 1620. The van der Waals surface area contributed by atoms with E-state index in [2.05, 4.69) is 16.8 Å². The Labute approximate surface area is 231 Å². The molecule has 1 saturated carbocycles. The van der Waals surface area contributed by atoms with E-state index in [0.29, 0.717) is 24.7 Å². The molecule has 2 aliphatic rings. The number of hydrogen-bond donors (Lipinski definition) is 0. The summed E-state index contributed by atoms with van der Waals surface area (Å²) >= 11 is 0. The number of hydrogen-bond acceptors (Lipinski definition) is 6. The Morgan fingerprint density at radius 3 is 2.60 bits per heavy atom. The second-order valence-electron chi connectivity index (χ2n) is 9.97. The van der Waals surface area contributed by atoms with Crippen LogP contribution in [0.3, 0.4) is 0 Å². The van der Waals surface area contributed by atoms with E-state index in [1.807, 2.05) is 16.5 Å². The Morgan fingerprint density at radius 1 is 1.07 bits per heavy atom. The lowest BCUT2D eigenvalue weighted by Gasteiger charge is -2.26. The highest BCUT2D eigenvalue weighted by atomic mass is 19.1. The van der Waals surface area contributed by atoms with Gasteiger partial charge in [0.05, 0.1) is 30.7 Å².